The van der Waals surface area contributed by atoms with Gasteiger partial charge in [0.2, 0.25) is 0 Å². The van der Waals surface area contributed by atoms with Crippen LogP contribution in [0.5, 0.6) is 0 Å². The number of carbonyl (C=O) groups is 1. The molecular formula is C31H51BrO2. The minimum Gasteiger partial charge on any atom is -0.461 e. The van der Waals surface area contributed by atoms with Gasteiger partial charge in [0.15, 0.2) is 0 Å². The number of fused-ring (bicyclic) bond motifs is 5. The van der Waals surface area contributed by atoms with E-state index in [1.54, 1.807) is 5.57 Å². The number of hydrogen-bond acceptors (Lipinski definition) is 2. The van der Waals surface area contributed by atoms with E-state index in [9.17, 15) is 4.79 Å². The Bertz CT molecular complexity index is 759. The summed E-state index contributed by atoms with van der Waals surface area (Å²) in [5.41, 5.74) is 2.49. The second-order valence-electron chi connectivity index (χ2n) is 13.5. The van der Waals surface area contributed by atoms with Crippen LogP contribution in [0, 0.1) is 46.3 Å². The zero-order valence-corrected chi connectivity index (χ0v) is 24.5. The summed E-state index contributed by atoms with van der Waals surface area (Å²) in [6.07, 6.45) is 17.9. The van der Waals surface area contributed by atoms with Gasteiger partial charge in [-0.3, -0.25) is 4.79 Å². The third-order valence-corrected chi connectivity index (χ3v) is 12.2. The first kappa shape index (κ1) is 26.7. The van der Waals surface area contributed by atoms with Crippen LogP contribution in [0.2, 0.25) is 0 Å². The Hall–Kier alpha value is -0.310. The molecule has 0 aliphatic heterocycles. The number of esters is 1. The molecular weight excluding hydrogens is 484 g/mol. The Morgan fingerprint density at radius 2 is 1.85 bits per heavy atom. The largest absolute Gasteiger partial charge is 0.461 e. The SMILES string of the molecule is CC[C@@H](Br)C(=O)O[C@H]1CC[C@@]2(C)C(=CC[C@H]3[C@@H]4CC[C@H]([C@@H](C)CCCC(C)C)[C@@]4(C)CC[C@@H]32)C1. The van der Waals surface area contributed by atoms with E-state index in [2.05, 4.69) is 56.6 Å². The van der Waals surface area contributed by atoms with Gasteiger partial charge >= 0.3 is 5.97 Å². The number of rotatable bonds is 8. The molecule has 0 N–H and O–H groups in total. The van der Waals surface area contributed by atoms with Crippen molar-refractivity contribution in [2.24, 2.45) is 46.3 Å². The normalized spacial score (nSPS) is 41.2. The second-order valence-corrected chi connectivity index (χ2v) is 14.6. The van der Waals surface area contributed by atoms with Crippen LogP contribution < -0.4 is 0 Å². The van der Waals surface area contributed by atoms with Crippen molar-refractivity contribution in [2.75, 3.05) is 0 Å². The summed E-state index contributed by atoms with van der Waals surface area (Å²) in [7, 11) is 0. The van der Waals surface area contributed by atoms with E-state index in [1.165, 1.54) is 57.8 Å². The van der Waals surface area contributed by atoms with Gasteiger partial charge in [0.05, 0.1) is 0 Å². The van der Waals surface area contributed by atoms with Gasteiger partial charge < -0.3 is 4.74 Å². The van der Waals surface area contributed by atoms with Gasteiger partial charge in [0.25, 0.3) is 0 Å². The topological polar surface area (TPSA) is 26.3 Å². The summed E-state index contributed by atoms with van der Waals surface area (Å²) >= 11 is 3.47. The van der Waals surface area contributed by atoms with Gasteiger partial charge in [0, 0.05) is 6.42 Å². The molecule has 3 fully saturated rings. The molecule has 34 heavy (non-hydrogen) atoms. The van der Waals surface area contributed by atoms with E-state index in [0.29, 0.717) is 10.8 Å². The predicted octanol–water partition coefficient (Wildman–Crippen LogP) is 9.11. The maximum atomic E-state index is 12.4. The number of ether oxygens (including phenoxy) is 1. The van der Waals surface area contributed by atoms with Gasteiger partial charge in [-0.15, -0.1) is 0 Å². The van der Waals surface area contributed by atoms with E-state index >= 15 is 0 Å². The molecule has 0 aromatic rings. The molecule has 194 valence electrons. The van der Waals surface area contributed by atoms with Crippen LogP contribution in [-0.2, 0) is 9.53 Å². The van der Waals surface area contributed by atoms with Crippen molar-refractivity contribution in [1.82, 2.24) is 0 Å². The fourth-order valence-electron chi connectivity index (χ4n) is 9.16. The highest BCUT2D eigenvalue weighted by molar-refractivity contribution is 9.10. The van der Waals surface area contributed by atoms with Crippen molar-refractivity contribution in [3.63, 3.8) is 0 Å². The van der Waals surface area contributed by atoms with Gasteiger partial charge in [-0.1, -0.05) is 88.4 Å². The van der Waals surface area contributed by atoms with Crippen molar-refractivity contribution in [2.45, 2.75) is 130 Å². The second kappa shape index (κ2) is 10.6. The molecule has 9 atom stereocenters. The number of allylic oxidation sites excluding steroid dienone is 1. The zero-order valence-electron chi connectivity index (χ0n) is 22.9. The predicted molar refractivity (Wildman–Crippen MR) is 146 cm³/mol. The van der Waals surface area contributed by atoms with Crippen LogP contribution in [0.15, 0.2) is 11.6 Å². The minimum atomic E-state index is -0.162. The van der Waals surface area contributed by atoms with Gasteiger partial charge in [0.1, 0.15) is 10.9 Å². The van der Waals surface area contributed by atoms with E-state index in [1.807, 2.05) is 6.92 Å². The quantitative estimate of drug-likeness (QED) is 0.176. The molecule has 0 unspecified atom stereocenters. The molecule has 0 heterocycles. The lowest BCUT2D eigenvalue weighted by atomic mass is 9.47. The van der Waals surface area contributed by atoms with Crippen molar-refractivity contribution in [3.05, 3.63) is 11.6 Å². The van der Waals surface area contributed by atoms with Crippen molar-refractivity contribution < 1.29 is 9.53 Å². The summed E-state index contributed by atoms with van der Waals surface area (Å²) in [4.78, 5) is 12.2. The van der Waals surface area contributed by atoms with Gasteiger partial charge in [-0.25, -0.2) is 0 Å². The first-order valence-corrected chi connectivity index (χ1v) is 15.6. The third-order valence-electron chi connectivity index (χ3n) is 11.2. The van der Waals surface area contributed by atoms with E-state index in [4.69, 9.17) is 4.74 Å². The maximum absolute atomic E-state index is 12.4. The fraction of sp³-hybridized carbons (Fsp3) is 0.903. The lowest BCUT2D eigenvalue weighted by molar-refractivity contribution is -0.150. The molecule has 0 radical (unpaired) electrons. The van der Waals surface area contributed by atoms with Crippen molar-refractivity contribution in [1.29, 1.82) is 0 Å². The van der Waals surface area contributed by atoms with Gasteiger partial charge in [-0.05, 0) is 97.7 Å². The zero-order chi connectivity index (χ0) is 24.7. The molecule has 0 spiro atoms. The summed E-state index contributed by atoms with van der Waals surface area (Å²) in [5.74, 6) is 5.18. The first-order valence-electron chi connectivity index (χ1n) is 14.6. The highest BCUT2D eigenvalue weighted by atomic mass is 79.9. The highest BCUT2D eigenvalue weighted by Gasteiger charge is 2.59. The van der Waals surface area contributed by atoms with E-state index in [0.717, 1.165) is 54.8 Å². The van der Waals surface area contributed by atoms with Crippen LogP contribution in [-0.4, -0.2) is 16.9 Å². The molecule has 0 aromatic heterocycles. The molecule has 0 aromatic carbocycles. The molecule has 2 nitrogen and oxygen atoms in total. The average Bonchev–Trinajstić information content (AvgIpc) is 3.15. The molecule has 3 saturated carbocycles. The monoisotopic (exact) mass is 534 g/mol. The summed E-state index contributed by atoms with van der Waals surface area (Å²) in [6, 6.07) is 0. The first-order chi connectivity index (χ1) is 16.1. The summed E-state index contributed by atoms with van der Waals surface area (Å²) in [5, 5.41) is 0. The highest BCUT2D eigenvalue weighted by Crippen LogP contribution is 2.67. The van der Waals surface area contributed by atoms with E-state index < -0.39 is 0 Å². The number of alkyl halides is 1. The summed E-state index contributed by atoms with van der Waals surface area (Å²) in [6.45, 7) is 14.6. The molecule has 4 aliphatic carbocycles. The Morgan fingerprint density at radius 3 is 2.56 bits per heavy atom. The lowest BCUT2D eigenvalue weighted by Crippen LogP contribution is -2.51. The van der Waals surface area contributed by atoms with Crippen LogP contribution in [0.1, 0.15) is 119 Å². The smallest absolute Gasteiger partial charge is 0.319 e. The number of halogens is 1. The van der Waals surface area contributed by atoms with Crippen molar-refractivity contribution in [3.8, 4) is 0 Å². The molecule has 4 rings (SSSR count). The molecule has 0 saturated heterocycles. The number of carbonyl (C=O) groups excluding carboxylic acids is 1. The van der Waals surface area contributed by atoms with Gasteiger partial charge in [-0.2, -0.15) is 0 Å². The van der Waals surface area contributed by atoms with Crippen LogP contribution >= 0.6 is 15.9 Å². The summed E-state index contributed by atoms with van der Waals surface area (Å²) < 4.78 is 5.92. The Labute approximate surface area is 218 Å². The Kier molecular flexibility index (Phi) is 8.33. The maximum Gasteiger partial charge on any atom is 0.319 e. The van der Waals surface area contributed by atoms with Crippen LogP contribution in [0.25, 0.3) is 0 Å². The van der Waals surface area contributed by atoms with E-state index in [-0.39, 0.29) is 16.9 Å². The average molecular weight is 536 g/mol. The Morgan fingerprint density at radius 1 is 1.09 bits per heavy atom. The Balaban J connectivity index is 1.43. The lowest BCUT2D eigenvalue weighted by Gasteiger charge is -2.58. The standard InChI is InChI=1S/C31H51BrO2/c1-7-28(32)29(33)34-23-15-17-30(5)22(19-23)11-12-24-26-14-13-25(21(4)10-8-9-20(2)3)31(26,6)18-16-27(24)30/h11,20-21,23-28H,7-10,12-19H2,1-6H3/t21-,23-,24-,25+,26-,27-,28+,30-,31+/m0/s1. The molecule has 0 amide bonds. The van der Waals surface area contributed by atoms with Crippen LogP contribution in [0.3, 0.4) is 0 Å². The van der Waals surface area contributed by atoms with Crippen molar-refractivity contribution >= 4 is 21.9 Å². The van der Waals surface area contributed by atoms with Crippen LogP contribution in [0.4, 0.5) is 0 Å². The fourth-order valence-corrected chi connectivity index (χ4v) is 9.27. The third kappa shape index (κ3) is 4.95. The number of hydrogen-bond donors (Lipinski definition) is 0. The molecule has 4 aliphatic rings. The minimum absolute atomic E-state index is 0.0710. The molecule has 3 heteroatoms. The molecule has 0 bridgehead atoms.